The van der Waals surface area contributed by atoms with Crippen LogP contribution < -0.4 is 4.90 Å². The number of hydrogen-bond acceptors (Lipinski definition) is 5. The minimum absolute atomic E-state index is 0. The van der Waals surface area contributed by atoms with Crippen LogP contribution >= 0.6 is 23.7 Å². The average molecular weight is 522 g/mol. The summed E-state index contributed by atoms with van der Waals surface area (Å²) >= 11 is 1.60. The van der Waals surface area contributed by atoms with Crippen molar-refractivity contribution in [3.8, 4) is 0 Å². The first-order valence-electron chi connectivity index (χ1n) is 12.3. The third kappa shape index (κ3) is 5.95. The number of thiazole rings is 1. The largest absolute Gasteiger partial charge is 0.379 e. The lowest BCUT2D eigenvalue weighted by Gasteiger charge is -2.29. The van der Waals surface area contributed by atoms with Gasteiger partial charge in [0.15, 0.2) is 5.13 Å². The van der Waals surface area contributed by atoms with E-state index < -0.39 is 0 Å². The number of nitrogens with zero attached hydrogens (tertiary/aromatic N) is 3. The average Bonchev–Trinajstić information content (AvgIpc) is 3.34. The molecule has 2 heterocycles. The Morgan fingerprint density at radius 1 is 0.972 bits per heavy atom. The van der Waals surface area contributed by atoms with E-state index in [1.165, 1.54) is 0 Å². The fraction of sp³-hybridized carbons (Fsp3) is 0.310. The van der Waals surface area contributed by atoms with Crippen LogP contribution in [0, 0.1) is 6.92 Å². The maximum absolute atomic E-state index is 14.3. The van der Waals surface area contributed by atoms with Crippen LogP contribution in [-0.4, -0.2) is 55.2 Å². The Hall–Kier alpha value is -2.77. The Kier molecular flexibility index (Phi) is 9.10. The molecule has 0 unspecified atom stereocenters. The van der Waals surface area contributed by atoms with E-state index in [0.29, 0.717) is 6.54 Å². The van der Waals surface area contributed by atoms with Gasteiger partial charge in [-0.2, -0.15) is 0 Å². The maximum atomic E-state index is 14.3. The van der Waals surface area contributed by atoms with Crippen LogP contribution in [0.3, 0.4) is 0 Å². The summed E-state index contributed by atoms with van der Waals surface area (Å²) in [5.74, 6) is -0.310. The summed E-state index contributed by atoms with van der Waals surface area (Å²) in [6.07, 6.45) is 0.886. The van der Waals surface area contributed by atoms with E-state index in [2.05, 4.69) is 30.0 Å². The summed E-state index contributed by atoms with van der Waals surface area (Å²) in [6, 6.07) is 26.4. The van der Waals surface area contributed by atoms with E-state index in [4.69, 9.17) is 9.72 Å². The molecule has 5 nitrogen and oxygen atoms in total. The zero-order chi connectivity index (χ0) is 24.0. The third-order valence-electron chi connectivity index (χ3n) is 6.58. The smallest absolute Gasteiger partial charge is 0.240 e. The molecule has 0 N–H and O–H groups in total. The van der Waals surface area contributed by atoms with E-state index in [0.717, 1.165) is 71.3 Å². The lowest BCUT2D eigenvalue weighted by Crippen LogP contribution is -2.40. The second kappa shape index (κ2) is 12.5. The minimum atomic E-state index is -0.381. The highest BCUT2D eigenvalue weighted by Gasteiger charge is 2.30. The van der Waals surface area contributed by atoms with Crippen LogP contribution in [-0.2, 0) is 9.53 Å². The molecule has 1 amide bonds. The molecule has 1 aliphatic heterocycles. The molecule has 4 aromatic rings. The summed E-state index contributed by atoms with van der Waals surface area (Å²) in [5.41, 5.74) is 4.11. The van der Waals surface area contributed by atoms with Crippen molar-refractivity contribution in [1.29, 1.82) is 0 Å². The number of halogens is 1. The van der Waals surface area contributed by atoms with Crippen LogP contribution in [0.15, 0.2) is 78.9 Å². The van der Waals surface area contributed by atoms with Gasteiger partial charge in [-0.25, -0.2) is 4.98 Å². The molecule has 0 spiro atoms. The normalized spacial score (nSPS) is 14.1. The first-order valence-corrected chi connectivity index (χ1v) is 13.1. The van der Waals surface area contributed by atoms with Gasteiger partial charge in [-0.05, 0) is 36.1 Å². The van der Waals surface area contributed by atoms with Crippen LogP contribution in [0.5, 0.6) is 0 Å². The van der Waals surface area contributed by atoms with Crippen LogP contribution in [0.2, 0.25) is 0 Å². The zero-order valence-corrected chi connectivity index (χ0v) is 22.1. The standard InChI is InChI=1S/C29H31N3O2S.ClH/c1-22-10-8-15-25-27(22)30-29(35-25)32(17-9-16-31-18-20-34-21-19-31)28(33)26(23-11-4-2-5-12-23)24-13-6-3-7-14-24;/h2-8,10-15,26H,9,16-21H2,1H3;1H. The minimum Gasteiger partial charge on any atom is -0.379 e. The molecule has 0 bridgehead atoms. The number of hydrogen-bond donors (Lipinski definition) is 0. The molecule has 5 rings (SSSR count). The van der Waals surface area contributed by atoms with E-state index >= 15 is 0 Å². The molecular formula is C29H32ClN3O2S. The third-order valence-corrected chi connectivity index (χ3v) is 7.62. The van der Waals surface area contributed by atoms with Gasteiger partial charge in [-0.1, -0.05) is 84.1 Å². The van der Waals surface area contributed by atoms with Gasteiger partial charge in [0.2, 0.25) is 5.91 Å². The zero-order valence-electron chi connectivity index (χ0n) is 20.5. The Bertz CT molecular complexity index is 1220. The van der Waals surface area contributed by atoms with Gasteiger partial charge in [0.05, 0.1) is 29.3 Å². The van der Waals surface area contributed by atoms with Crippen LogP contribution in [0.1, 0.15) is 29.0 Å². The summed E-state index contributed by atoms with van der Waals surface area (Å²) < 4.78 is 6.61. The first kappa shape index (κ1) is 26.3. The van der Waals surface area contributed by atoms with Gasteiger partial charge in [0.25, 0.3) is 0 Å². The predicted molar refractivity (Wildman–Crippen MR) is 151 cm³/mol. The Morgan fingerprint density at radius 2 is 1.61 bits per heavy atom. The second-order valence-corrected chi connectivity index (χ2v) is 9.98. The molecule has 1 aromatic heterocycles. The number of carbonyl (C=O) groups excluding carboxylic acids is 1. The Morgan fingerprint density at radius 3 is 2.22 bits per heavy atom. The maximum Gasteiger partial charge on any atom is 0.240 e. The van der Waals surface area contributed by atoms with Gasteiger partial charge in [0.1, 0.15) is 0 Å². The number of carbonyl (C=O) groups is 1. The van der Waals surface area contributed by atoms with Crippen molar-refractivity contribution in [3.05, 3.63) is 95.6 Å². The van der Waals surface area contributed by atoms with Gasteiger partial charge in [-0.15, -0.1) is 12.4 Å². The van der Waals surface area contributed by atoms with Crippen molar-refractivity contribution in [3.63, 3.8) is 0 Å². The second-order valence-electron chi connectivity index (χ2n) is 8.97. The Balaban J connectivity index is 0.00000304. The molecule has 0 radical (unpaired) electrons. The van der Waals surface area contributed by atoms with Crippen molar-refractivity contribution in [2.24, 2.45) is 0 Å². The Labute approximate surface area is 223 Å². The molecule has 36 heavy (non-hydrogen) atoms. The number of fused-ring (bicyclic) bond motifs is 1. The topological polar surface area (TPSA) is 45.7 Å². The highest BCUT2D eigenvalue weighted by molar-refractivity contribution is 7.22. The number of ether oxygens (including phenoxy) is 1. The number of para-hydroxylation sites is 1. The monoisotopic (exact) mass is 521 g/mol. The molecular weight excluding hydrogens is 490 g/mol. The number of benzene rings is 3. The fourth-order valence-electron chi connectivity index (χ4n) is 4.69. The van der Waals surface area contributed by atoms with Crippen LogP contribution in [0.25, 0.3) is 10.2 Å². The molecule has 0 aliphatic carbocycles. The lowest BCUT2D eigenvalue weighted by molar-refractivity contribution is -0.119. The number of rotatable bonds is 8. The van der Waals surface area contributed by atoms with Gasteiger partial charge >= 0.3 is 0 Å². The predicted octanol–water partition coefficient (Wildman–Crippen LogP) is 5.91. The quantitative estimate of drug-likeness (QED) is 0.289. The summed E-state index contributed by atoms with van der Waals surface area (Å²) in [4.78, 5) is 23.6. The fourth-order valence-corrected chi connectivity index (χ4v) is 5.77. The van der Waals surface area contributed by atoms with Crippen molar-refractivity contribution in [2.75, 3.05) is 44.3 Å². The SMILES string of the molecule is Cc1cccc2sc(N(CCCN3CCOCC3)C(=O)C(c3ccccc3)c3ccccc3)nc12.Cl. The van der Waals surface area contributed by atoms with Crippen molar-refractivity contribution in [2.45, 2.75) is 19.3 Å². The summed E-state index contributed by atoms with van der Waals surface area (Å²) in [6.45, 7) is 7.11. The molecule has 3 aromatic carbocycles. The van der Waals surface area contributed by atoms with Crippen molar-refractivity contribution < 1.29 is 9.53 Å². The molecule has 188 valence electrons. The molecule has 1 aliphatic rings. The number of aromatic nitrogens is 1. The van der Waals surface area contributed by atoms with E-state index in [9.17, 15) is 4.79 Å². The van der Waals surface area contributed by atoms with Gasteiger partial charge < -0.3 is 4.74 Å². The molecule has 7 heteroatoms. The van der Waals surface area contributed by atoms with Gasteiger partial charge in [-0.3, -0.25) is 14.6 Å². The lowest BCUT2D eigenvalue weighted by atomic mass is 9.90. The summed E-state index contributed by atoms with van der Waals surface area (Å²) in [5, 5.41) is 0.776. The number of anilines is 1. The van der Waals surface area contributed by atoms with E-state index in [1.807, 2.05) is 65.6 Å². The molecule has 0 saturated carbocycles. The number of amides is 1. The number of aryl methyl sites for hydroxylation is 1. The van der Waals surface area contributed by atoms with Gasteiger partial charge in [0, 0.05) is 26.2 Å². The van der Waals surface area contributed by atoms with Crippen LogP contribution in [0.4, 0.5) is 5.13 Å². The van der Waals surface area contributed by atoms with Crippen molar-refractivity contribution >= 4 is 45.0 Å². The molecule has 1 fully saturated rings. The van der Waals surface area contributed by atoms with E-state index in [-0.39, 0.29) is 24.2 Å². The highest BCUT2D eigenvalue weighted by Crippen LogP contribution is 2.34. The van der Waals surface area contributed by atoms with E-state index in [1.54, 1.807) is 11.3 Å². The first-order chi connectivity index (χ1) is 17.2. The number of morpholine rings is 1. The highest BCUT2D eigenvalue weighted by atomic mass is 35.5. The molecule has 0 atom stereocenters. The summed E-state index contributed by atoms with van der Waals surface area (Å²) in [7, 11) is 0. The van der Waals surface area contributed by atoms with Crippen molar-refractivity contribution in [1.82, 2.24) is 9.88 Å². The molecule has 1 saturated heterocycles.